The van der Waals surface area contributed by atoms with Crippen molar-refractivity contribution in [2.75, 3.05) is 0 Å². The molecule has 0 radical (unpaired) electrons. The molecule has 0 spiro atoms. The van der Waals surface area contributed by atoms with E-state index in [4.69, 9.17) is 0 Å². The van der Waals surface area contributed by atoms with E-state index in [1.807, 2.05) is 13.0 Å². The largest absolute Gasteiger partial charge is 0.417 e. The van der Waals surface area contributed by atoms with Crippen LogP contribution < -0.4 is 0 Å². The molecule has 1 heterocycles. The lowest BCUT2D eigenvalue weighted by Gasteiger charge is -2.11. The average Bonchev–Trinajstić information content (AvgIpc) is 2.90. The molecule has 0 unspecified atom stereocenters. The summed E-state index contributed by atoms with van der Waals surface area (Å²) in [5, 5.41) is 0.583. The highest BCUT2D eigenvalue weighted by Crippen LogP contribution is 2.39. The van der Waals surface area contributed by atoms with Crippen LogP contribution in [0.4, 0.5) is 13.2 Å². The van der Waals surface area contributed by atoms with Gasteiger partial charge in [-0.2, -0.15) is 13.2 Å². The molecule has 1 N–H and O–H groups in total. The number of allylic oxidation sites excluding steroid dienone is 1. The number of alkyl halides is 3. The molecule has 1 aromatic heterocycles. The molecule has 112 valence electrons. The van der Waals surface area contributed by atoms with Gasteiger partial charge in [-0.1, -0.05) is 48.5 Å². The molecule has 0 saturated heterocycles. The number of para-hydroxylation sites is 1. The van der Waals surface area contributed by atoms with E-state index >= 15 is 0 Å². The first-order chi connectivity index (χ1) is 10.5. The number of nitrogens with one attached hydrogen (secondary N) is 1. The Bertz CT molecular complexity index is 826. The number of aryl methyl sites for hydroxylation is 1. The minimum atomic E-state index is -4.42. The summed E-state index contributed by atoms with van der Waals surface area (Å²) < 4.78 is 40.5. The maximum absolute atomic E-state index is 13.5. The number of aromatic amines is 1. The van der Waals surface area contributed by atoms with Crippen LogP contribution >= 0.6 is 0 Å². The van der Waals surface area contributed by atoms with Crippen molar-refractivity contribution in [2.24, 2.45) is 0 Å². The number of H-pyrrole nitrogens is 1. The van der Waals surface area contributed by atoms with Crippen LogP contribution in [0, 0.1) is 6.92 Å². The monoisotopic (exact) mass is 301 g/mol. The van der Waals surface area contributed by atoms with Gasteiger partial charge in [-0.25, -0.2) is 0 Å². The smallest absolute Gasteiger partial charge is 0.360 e. The number of hydrogen-bond donors (Lipinski definition) is 1. The third-order valence-electron chi connectivity index (χ3n) is 3.63. The van der Waals surface area contributed by atoms with Crippen LogP contribution in [0.3, 0.4) is 0 Å². The van der Waals surface area contributed by atoms with E-state index < -0.39 is 11.7 Å². The standard InChI is InChI=1S/C18H14F3N/c1-12-6-5-9-14-15(11-22-17(12)14)16(18(19,20)21)10-13-7-3-2-4-8-13/h2-11,22H,1H3/b16-10+. The Morgan fingerprint density at radius 3 is 2.41 bits per heavy atom. The van der Waals surface area contributed by atoms with Crippen LogP contribution in [-0.4, -0.2) is 11.2 Å². The Balaban J connectivity index is 2.22. The molecule has 0 saturated carbocycles. The van der Waals surface area contributed by atoms with Gasteiger partial charge in [0.1, 0.15) is 0 Å². The quantitative estimate of drug-likeness (QED) is 0.636. The van der Waals surface area contributed by atoms with Crippen molar-refractivity contribution >= 4 is 22.6 Å². The summed E-state index contributed by atoms with van der Waals surface area (Å²) in [6.45, 7) is 1.87. The molecule has 2 aromatic carbocycles. The summed E-state index contributed by atoms with van der Waals surface area (Å²) in [5.74, 6) is 0. The van der Waals surface area contributed by atoms with Gasteiger partial charge in [0.05, 0.1) is 5.57 Å². The predicted molar refractivity (Wildman–Crippen MR) is 83.4 cm³/mol. The molecule has 0 aliphatic rings. The number of benzene rings is 2. The van der Waals surface area contributed by atoms with Gasteiger partial charge in [0.15, 0.2) is 0 Å². The lowest BCUT2D eigenvalue weighted by molar-refractivity contribution is -0.0682. The zero-order valence-corrected chi connectivity index (χ0v) is 11.9. The second-order valence-electron chi connectivity index (χ2n) is 5.17. The number of aromatic nitrogens is 1. The fourth-order valence-corrected chi connectivity index (χ4v) is 2.56. The zero-order chi connectivity index (χ0) is 15.7. The van der Waals surface area contributed by atoms with Crippen molar-refractivity contribution in [1.82, 2.24) is 4.98 Å². The maximum Gasteiger partial charge on any atom is 0.417 e. The van der Waals surface area contributed by atoms with Crippen LogP contribution in [-0.2, 0) is 0 Å². The third kappa shape index (κ3) is 2.64. The average molecular weight is 301 g/mol. The van der Waals surface area contributed by atoms with Crippen LogP contribution in [0.1, 0.15) is 16.7 Å². The molecule has 0 atom stereocenters. The molecule has 0 fully saturated rings. The molecule has 3 rings (SSSR count). The zero-order valence-electron chi connectivity index (χ0n) is 11.9. The highest BCUT2D eigenvalue weighted by molar-refractivity contribution is 5.99. The van der Waals surface area contributed by atoms with Gasteiger partial charge in [-0.3, -0.25) is 0 Å². The molecular weight excluding hydrogens is 287 g/mol. The Labute approximate surface area is 126 Å². The van der Waals surface area contributed by atoms with Crippen LogP contribution in [0.2, 0.25) is 0 Å². The topological polar surface area (TPSA) is 15.8 Å². The number of rotatable bonds is 2. The first-order valence-electron chi connectivity index (χ1n) is 6.88. The summed E-state index contributed by atoms with van der Waals surface area (Å²) in [7, 11) is 0. The first-order valence-corrected chi connectivity index (χ1v) is 6.88. The number of hydrogen-bond acceptors (Lipinski definition) is 0. The van der Waals surface area contributed by atoms with E-state index in [0.29, 0.717) is 10.9 Å². The number of fused-ring (bicyclic) bond motifs is 1. The van der Waals surface area contributed by atoms with E-state index in [1.165, 1.54) is 12.3 Å². The Hall–Kier alpha value is -2.49. The van der Waals surface area contributed by atoms with E-state index in [0.717, 1.165) is 11.1 Å². The van der Waals surface area contributed by atoms with Gasteiger partial charge >= 0.3 is 6.18 Å². The molecule has 4 heteroatoms. The van der Waals surface area contributed by atoms with Gasteiger partial charge < -0.3 is 4.98 Å². The van der Waals surface area contributed by atoms with Crippen molar-refractivity contribution < 1.29 is 13.2 Å². The van der Waals surface area contributed by atoms with Crippen LogP contribution in [0.15, 0.2) is 54.7 Å². The minimum Gasteiger partial charge on any atom is -0.360 e. The van der Waals surface area contributed by atoms with Crippen molar-refractivity contribution in [3.8, 4) is 0 Å². The molecule has 0 amide bonds. The van der Waals surface area contributed by atoms with Gasteiger partial charge in [0.25, 0.3) is 0 Å². The van der Waals surface area contributed by atoms with Crippen molar-refractivity contribution in [3.63, 3.8) is 0 Å². The fourth-order valence-electron chi connectivity index (χ4n) is 2.56. The van der Waals surface area contributed by atoms with Crippen molar-refractivity contribution in [1.29, 1.82) is 0 Å². The van der Waals surface area contributed by atoms with Gasteiger partial charge in [-0.05, 0) is 24.1 Å². The molecule has 3 aromatic rings. The second kappa shape index (κ2) is 5.37. The maximum atomic E-state index is 13.5. The van der Waals surface area contributed by atoms with E-state index in [9.17, 15) is 13.2 Å². The summed E-state index contributed by atoms with van der Waals surface area (Å²) in [6, 6.07) is 13.9. The van der Waals surface area contributed by atoms with Crippen LogP contribution in [0.5, 0.6) is 0 Å². The highest BCUT2D eigenvalue weighted by atomic mass is 19.4. The molecule has 1 nitrogen and oxygen atoms in total. The predicted octanol–water partition coefficient (Wildman–Crippen LogP) is 5.58. The summed E-state index contributed by atoms with van der Waals surface area (Å²) in [6.07, 6.45) is -1.81. The van der Waals surface area contributed by atoms with Crippen molar-refractivity contribution in [2.45, 2.75) is 13.1 Å². The molecule has 0 aliphatic carbocycles. The summed E-state index contributed by atoms with van der Waals surface area (Å²) in [5.41, 5.74) is 1.72. The summed E-state index contributed by atoms with van der Waals surface area (Å²) in [4.78, 5) is 2.95. The Morgan fingerprint density at radius 1 is 1.00 bits per heavy atom. The van der Waals surface area contributed by atoms with E-state index in [1.54, 1.807) is 42.5 Å². The van der Waals surface area contributed by atoms with Crippen molar-refractivity contribution in [3.05, 3.63) is 71.4 Å². The lowest BCUT2D eigenvalue weighted by Crippen LogP contribution is -2.10. The van der Waals surface area contributed by atoms with Gasteiger partial charge in [0.2, 0.25) is 0 Å². The van der Waals surface area contributed by atoms with E-state index in [2.05, 4.69) is 4.98 Å². The fraction of sp³-hybridized carbons (Fsp3) is 0.111. The summed E-state index contributed by atoms with van der Waals surface area (Å²) >= 11 is 0. The minimum absolute atomic E-state index is 0.176. The first kappa shape index (κ1) is 14.4. The lowest BCUT2D eigenvalue weighted by atomic mass is 10.0. The molecule has 0 aliphatic heterocycles. The normalized spacial score (nSPS) is 12.8. The third-order valence-corrected chi connectivity index (χ3v) is 3.63. The molecule has 0 bridgehead atoms. The van der Waals surface area contributed by atoms with E-state index in [-0.39, 0.29) is 5.56 Å². The second-order valence-corrected chi connectivity index (χ2v) is 5.17. The van der Waals surface area contributed by atoms with Gasteiger partial charge in [0, 0.05) is 22.7 Å². The Morgan fingerprint density at radius 2 is 1.73 bits per heavy atom. The van der Waals surface area contributed by atoms with Crippen LogP contribution in [0.25, 0.3) is 22.6 Å². The highest BCUT2D eigenvalue weighted by Gasteiger charge is 2.35. The molecule has 22 heavy (non-hydrogen) atoms. The molecular formula is C18H14F3N. The van der Waals surface area contributed by atoms with Gasteiger partial charge in [-0.15, -0.1) is 0 Å². The Kier molecular flexibility index (Phi) is 3.53. The SMILES string of the molecule is Cc1cccc2c(/C(=C\c3ccccc3)C(F)(F)F)c[nH]c12. The number of halogens is 3.